The smallest absolute Gasteiger partial charge is 0.446 e. The molecule has 10 heteroatoms. The first-order valence-electron chi connectivity index (χ1n) is 29.7. The van der Waals surface area contributed by atoms with Gasteiger partial charge in [0.25, 0.3) is 0 Å². The van der Waals surface area contributed by atoms with E-state index >= 15 is 0 Å². The van der Waals surface area contributed by atoms with E-state index in [1.165, 1.54) is 159 Å². The van der Waals surface area contributed by atoms with Gasteiger partial charge in [0, 0.05) is 24.6 Å². The highest BCUT2D eigenvalue weighted by Crippen LogP contribution is 2.40. The fourth-order valence-electron chi connectivity index (χ4n) is 12.8. The molecular weight excluding hydrogens is 869 g/mol. The molecule has 1 aromatic carbocycles. The van der Waals surface area contributed by atoms with Crippen molar-refractivity contribution in [1.29, 1.82) is 0 Å². The summed E-state index contributed by atoms with van der Waals surface area (Å²) in [6.07, 6.45) is 41.1. The van der Waals surface area contributed by atoms with Crippen molar-refractivity contribution in [3.05, 3.63) is 57.9 Å². The third-order valence-corrected chi connectivity index (χ3v) is 16.8. The van der Waals surface area contributed by atoms with Crippen molar-refractivity contribution in [3.63, 3.8) is 0 Å². The van der Waals surface area contributed by atoms with E-state index < -0.39 is 0 Å². The van der Waals surface area contributed by atoms with Crippen molar-refractivity contribution >= 4 is 23.9 Å². The standard InChI is InChI=1S/C60H96N6O4/c1-5-9-13-17-19-23-27-31-51-55(53-39-37-49-41-47(29-25-21-15-11-7-3)61-59(63-51)65(49)53)57(67)69-43-45-33-35-46(36-34-45)44-70-58(68)56-52(32-28-24-20-18-14-10-6-2)64-60-62-48(30-26-22-16-12-8-4)42-50-38-40-54(56)66(50)60/h33-36,47-50,53-54H,5-32,37-44H2,1-4H3,(H2,61,62,63,64,67,68)/p+2/t47-,48-,49+,50+,53-,54-/m0/s1. The molecule has 70 heavy (non-hydrogen) atoms. The van der Waals surface area contributed by atoms with Crippen LogP contribution in [0.4, 0.5) is 0 Å². The van der Waals surface area contributed by atoms with Crippen LogP contribution in [-0.4, -0.2) is 69.6 Å². The molecule has 2 saturated heterocycles. The summed E-state index contributed by atoms with van der Waals surface area (Å²) in [6.45, 7) is 9.54. The van der Waals surface area contributed by atoms with Gasteiger partial charge in [-0.1, -0.05) is 187 Å². The van der Waals surface area contributed by atoms with Gasteiger partial charge in [0.1, 0.15) is 42.6 Å². The van der Waals surface area contributed by atoms with E-state index in [1.807, 2.05) is 24.3 Å². The van der Waals surface area contributed by atoms with E-state index in [0.717, 1.165) is 105 Å². The Hall–Kier alpha value is -3.66. The van der Waals surface area contributed by atoms with Crippen LogP contribution in [0, 0.1) is 0 Å². The van der Waals surface area contributed by atoms with Crippen molar-refractivity contribution in [3.8, 4) is 0 Å². The number of hydrogen-bond acceptors (Lipinski definition) is 8. The molecule has 6 heterocycles. The molecule has 6 aliphatic rings. The van der Waals surface area contributed by atoms with E-state index in [2.05, 4.69) is 53.1 Å². The van der Waals surface area contributed by atoms with Gasteiger partial charge in [0.05, 0.1) is 17.7 Å². The number of nitrogens with one attached hydrogen (secondary N) is 2. The topological polar surface area (TPSA) is 112 Å². The van der Waals surface area contributed by atoms with Crippen LogP contribution in [0.2, 0.25) is 0 Å². The van der Waals surface area contributed by atoms with E-state index in [-0.39, 0.29) is 37.2 Å². The summed E-state index contributed by atoms with van der Waals surface area (Å²) in [5, 5.41) is 10.0. The Bertz CT molecular complexity index is 1920. The Balaban J connectivity index is 0.962. The molecule has 2 fully saturated rings. The van der Waals surface area contributed by atoms with E-state index in [9.17, 15) is 9.59 Å². The maximum atomic E-state index is 14.3. The molecule has 10 nitrogen and oxygen atoms in total. The first kappa shape index (κ1) is 54.1. The maximum Gasteiger partial charge on any atom is 0.446 e. The second-order valence-electron chi connectivity index (χ2n) is 22.3. The number of allylic oxidation sites excluding steroid dienone is 2. The first-order chi connectivity index (χ1) is 34.4. The zero-order valence-electron chi connectivity index (χ0n) is 44.8. The molecule has 1 aromatic rings. The fraction of sp³-hybridized carbons (Fsp3) is 0.767. The molecule has 0 aromatic heterocycles. The molecule has 6 aliphatic heterocycles. The molecule has 0 unspecified atom stereocenters. The Morgan fingerprint density at radius 1 is 0.629 bits per heavy atom. The van der Waals surface area contributed by atoms with Crippen molar-refractivity contribution < 1.29 is 29.0 Å². The number of esters is 2. The summed E-state index contributed by atoms with van der Waals surface area (Å²) in [7, 11) is 0. The average Bonchev–Trinajstić information content (AvgIpc) is 4.00. The zero-order chi connectivity index (χ0) is 48.9. The van der Waals surface area contributed by atoms with Crippen LogP contribution >= 0.6 is 0 Å². The first-order valence-corrected chi connectivity index (χ1v) is 29.7. The second kappa shape index (κ2) is 29.1. The Kier molecular flexibility index (Phi) is 22.5. The summed E-state index contributed by atoms with van der Waals surface area (Å²) < 4.78 is 15.0. The van der Waals surface area contributed by atoms with E-state index in [4.69, 9.17) is 14.5 Å². The molecule has 0 saturated carbocycles. The predicted octanol–water partition coefficient (Wildman–Crippen LogP) is 12.7. The maximum absolute atomic E-state index is 14.3. The highest BCUT2D eigenvalue weighted by Gasteiger charge is 2.52. The van der Waals surface area contributed by atoms with Gasteiger partial charge in [0.15, 0.2) is 5.96 Å². The van der Waals surface area contributed by atoms with E-state index in [1.54, 1.807) is 0 Å². The molecule has 0 aliphatic carbocycles. The summed E-state index contributed by atoms with van der Waals surface area (Å²) in [5.41, 5.74) is 5.82. The third-order valence-electron chi connectivity index (χ3n) is 16.8. The second-order valence-corrected chi connectivity index (χ2v) is 22.3. The average molecular weight is 967 g/mol. The minimum absolute atomic E-state index is 0.0281. The molecule has 0 radical (unpaired) electrons. The number of hydrogen-bond donors (Lipinski definition) is 3. The number of aliphatic imine (C=N–C) groups is 1. The lowest BCUT2D eigenvalue weighted by Gasteiger charge is -2.43. The van der Waals surface area contributed by atoms with Crippen LogP contribution in [0.1, 0.15) is 257 Å². The number of nitrogens with two attached hydrogens (primary N) is 1. The number of nitrogens with zero attached hydrogens (tertiary/aromatic N) is 3. The monoisotopic (exact) mass is 967 g/mol. The zero-order valence-corrected chi connectivity index (χ0v) is 44.8. The number of carbonyl (C=O) groups excluding carboxylic acids is 2. The number of rotatable bonds is 34. The van der Waals surface area contributed by atoms with Crippen molar-refractivity contribution in [2.24, 2.45) is 4.99 Å². The SMILES string of the molecule is CCCCCCCCCC1=C(C(=O)OCc2ccc(COC(=O)C3=C(CCCCCCCCC)[NH2+]C4=[N+]5[C@H](CC[C@@H]35)C[C@H](CCCCCCC)N4)cc2)[C@@H]2CC[C@@H]3C[C@H](CCCCCCC)N=C(N1)N32. The lowest BCUT2D eigenvalue weighted by atomic mass is 9.96. The summed E-state index contributed by atoms with van der Waals surface area (Å²) >= 11 is 0. The largest absolute Gasteiger partial charge is 0.457 e. The molecule has 0 spiro atoms. The van der Waals surface area contributed by atoms with Crippen LogP contribution in [0.5, 0.6) is 0 Å². The molecule has 0 bridgehead atoms. The van der Waals surface area contributed by atoms with Crippen LogP contribution in [0.25, 0.3) is 0 Å². The fourth-order valence-corrected chi connectivity index (χ4v) is 12.8. The van der Waals surface area contributed by atoms with Crippen molar-refractivity contribution in [1.82, 2.24) is 15.5 Å². The van der Waals surface area contributed by atoms with Gasteiger partial charge in [-0.05, 0) is 81.8 Å². The Labute approximate surface area is 425 Å². The quantitative estimate of drug-likeness (QED) is 0.0358. The van der Waals surface area contributed by atoms with Gasteiger partial charge in [0.2, 0.25) is 0 Å². The van der Waals surface area contributed by atoms with Crippen LogP contribution in [0.3, 0.4) is 0 Å². The molecule has 390 valence electrons. The van der Waals surface area contributed by atoms with Crippen molar-refractivity contribution in [2.75, 3.05) is 0 Å². The number of ether oxygens (including phenoxy) is 2. The molecule has 7 rings (SSSR count). The number of benzene rings is 1. The lowest BCUT2D eigenvalue weighted by Crippen LogP contribution is -2.95. The number of unbranched alkanes of at least 4 members (excludes halogenated alkanes) is 20. The molecular formula is C60H98N6O4+2. The highest BCUT2D eigenvalue weighted by atomic mass is 16.5. The van der Waals surface area contributed by atoms with Crippen LogP contribution in [-0.2, 0) is 32.3 Å². The van der Waals surface area contributed by atoms with Crippen LogP contribution < -0.4 is 16.0 Å². The summed E-state index contributed by atoms with van der Waals surface area (Å²) in [6, 6.07) is 10.00. The minimum atomic E-state index is -0.201. The molecule has 6 atom stereocenters. The van der Waals surface area contributed by atoms with Gasteiger partial charge in [-0.2, -0.15) is 0 Å². The molecule has 4 N–H and O–H groups in total. The predicted molar refractivity (Wildman–Crippen MR) is 285 cm³/mol. The Morgan fingerprint density at radius 2 is 1.17 bits per heavy atom. The third kappa shape index (κ3) is 15.2. The van der Waals surface area contributed by atoms with Gasteiger partial charge in [-0.3, -0.25) is 0 Å². The number of quaternary nitrogens is 1. The highest BCUT2D eigenvalue weighted by molar-refractivity contribution is 5.96. The summed E-state index contributed by atoms with van der Waals surface area (Å²) in [5.74, 6) is 1.89. The summed E-state index contributed by atoms with van der Waals surface area (Å²) in [4.78, 5) is 36.3. The normalized spacial score (nSPS) is 23.5. The van der Waals surface area contributed by atoms with Crippen LogP contribution in [0.15, 0.2) is 51.8 Å². The molecule has 0 amide bonds. The minimum Gasteiger partial charge on any atom is -0.457 e. The van der Waals surface area contributed by atoms with Gasteiger partial charge in [-0.15, -0.1) is 0 Å². The van der Waals surface area contributed by atoms with Gasteiger partial charge >= 0.3 is 17.9 Å². The Morgan fingerprint density at radius 3 is 1.79 bits per heavy atom. The number of guanidine groups is 2. The number of carbonyl (C=O) groups is 2. The van der Waals surface area contributed by atoms with Gasteiger partial charge in [-0.25, -0.2) is 29.8 Å². The lowest BCUT2D eigenvalue weighted by molar-refractivity contribution is -0.661. The van der Waals surface area contributed by atoms with Crippen molar-refractivity contribution in [2.45, 2.75) is 295 Å². The van der Waals surface area contributed by atoms with Gasteiger partial charge < -0.3 is 19.7 Å². The van der Waals surface area contributed by atoms with E-state index in [0.29, 0.717) is 24.2 Å².